The maximum atomic E-state index is 13.5. The normalized spacial score (nSPS) is 10.7. The van der Waals surface area contributed by atoms with Gasteiger partial charge < -0.3 is 30.4 Å². The van der Waals surface area contributed by atoms with Crippen molar-refractivity contribution in [2.45, 2.75) is 28.0 Å². The third-order valence-electron chi connectivity index (χ3n) is 8.24. The highest BCUT2D eigenvalue weighted by Gasteiger charge is 2.31. The molecule has 4 N–H and O–H groups in total. The fraction of sp³-hybridized carbons (Fsp3) is 0.143. The van der Waals surface area contributed by atoms with E-state index in [1.807, 2.05) is 19.4 Å². The van der Waals surface area contributed by atoms with Crippen molar-refractivity contribution in [3.63, 3.8) is 0 Å². The van der Waals surface area contributed by atoms with Gasteiger partial charge in [0.15, 0.2) is 0 Å². The average molecular weight is 834 g/mol. The molecule has 0 spiro atoms. The molecule has 19 heteroatoms. The number of aromatic nitrogens is 10. The minimum absolute atomic E-state index is 0. The Morgan fingerprint density at radius 2 is 1.20 bits per heavy atom. The first-order valence-electron chi connectivity index (χ1n) is 17.6. The Kier molecular flexibility index (Phi) is 13.8. The first-order valence-corrected chi connectivity index (χ1v) is 17.6. The van der Waals surface area contributed by atoms with Crippen LogP contribution in [0.4, 0.5) is 35.0 Å². The second-order valence-electron chi connectivity index (χ2n) is 12.9. The van der Waals surface area contributed by atoms with Gasteiger partial charge in [-0.2, -0.15) is 23.4 Å². The number of hydrogen-bond acceptors (Lipinski definition) is 11. The summed E-state index contributed by atoms with van der Waals surface area (Å²) in [5.74, 6) is 1.92. The molecule has 5 heterocycles. The monoisotopic (exact) mass is 833 g/mol. The number of nitrogens with two attached hydrogens (primary N) is 1. The average Bonchev–Trinajstić information content (AvgIpc) is 3.98. The molecule has 3 aromatic carbocycles. The number of nitrogens with zero attached hydrogens (tertiary/aromatic N) is 10. The van der Waals surface area contributed by atoms with Crippen molar-refractivity contribution in [1.82, 2.24) is 49.0 Å². The van der Waals surface area contributed by atoms with Crippen LogP contribution in [0.3, 0.4) is 0 Å². The largest absolute Gasteiger partial charge is 0.439 e. The summed E-state index contributed by atoms with van der Waals surface area (Å²) in [7, 11) is 3.66. The number of anilines is 3. The number of nitrogens with one attached hydrogen (secondary N) is 2. The van der Waals surface area contributed by atoms with E-state index in [2.05, 4.69) is 45.8 Å². The number of alkyl halides is 3. The van der Waals surface area contributed by atoms with Gasteiger partial charge in [-0.05, 0) is 73.7 Å². The van der Waals surface area contributed by atoms with Gasteiger partial charge in [0.2, 0.25) is 11.8 Å². The van der Waals surface area contributed by atoms with E-state index in [0.717, 1.165) is 29.0 Å². The molecular formula is C42H42F3N13O3. The molecule has 0 saturated heterocycles. The number of carbonyl (C=O) groups excluding carboxylic acids is 1. The maximum Gasteiger partial charge on any atom is 0.416 e. The quantitative estimate of drug-likeness (QED) is 0.117. The van der Waals surface area contributed by atoms with E-state index in [1.54, 1.807) is 103 Å². The maximum absolute atomic E-state index is 13.5. The number of benzene rings is 3. The van der Waals surface area contributed by atoms with Crippen LogP contribution in [0.15, 0.2) is 129 Å². The van der Waals surface area contributed by atoms with Gasteiger partial charge in [0.05, 0.1) is 41.4 Å². The van der Waals surface area contributed by atoms with Crippen LogP contribution in [0, 0.1) is 6.92 Å². The lowest BCUT2D eigenvalue weighted by Crippen LogP contribution is -2.20. The Morgan fingerprint density at radius 3 is 1.67 bits per heavy atom. The smallest absolute Gasteiger partial charge is 0.416 e. The number of hydrogen-bond donors (Lipinski definition) is 3. The van der Waals surface area contributed by atoms with Crippen molar-refractivity contribution in [3.05, 3.63) is 140 Å². The first kappa shape index (κ1) is 44.0. The molecular weight excluding hydrogens is 792 g/mol. The SMILES string of the molecule is C.C.Cc1cn(-c2cc(NC(=O)Nc3ccc(Oc4cc(-c5cnn(C)c5)ncn4)cc3)cc(C(F)(F)F)c2)cn1.Cn1cc(-c2cc(Oc3ccc(N)cc3)ncn2)cn1. The third-order valence-corrected chi connectivity index (χ3v) is 8.24. The van der Waals surface area contributed by atoms with Crippen molar-refractivity contribution in [2.24, 2.45) is 14.1 Å². The van der Waals surface area contributed by atoms with E-state index in [9.17, 15) is 18.0 Å². The number of imidazole rings is 1. The van der Waals surface area contributed by atoms with Crippen LogP contribution in [0.1, 0.15) is 26.1 Å². The standard InChI is InChI=1S/C26H21F3N8O2.C14H13N5O.2CH4/c1-16-12-37(15-32-16)21-8-18(26(27,28)29)7-20(9-21)35-25(38)34-19-3-5-22(6-4-19)39-24-10-23(30-14-31-24)17-11-33-36(2)13-17;1-19-8-10(7-18-19)13-6-14(17-9-16-13)20-12-4-2-11(15)3-5-12;;/h3-15H,1-2H3,(H2,34,35,38);2-9H,15H2,1H3;2*1H4. The number of aryl methyl sites for hydroxylation is 3. The van der Waals surface area contributed by atoms with Crippen LogP contribution in [-0.4, -0.2) is 55.1 Å². The Hall–Kier alpha value is -8.09. The molecule has 0 atom stereocenters. The van der Waals surface area contributed by atoms with Crippen LogP contribution >= 0.6 is 0 Å². The Morgan fingerprint density at radius 1 is 0.672 bits per heavy atom. The molecule has 8 aromatic rings. The minimum Gasteiger partial charge on any atom is -0.439 e. The van der Waals surface area contributed by atoms with Crippen LogP contribution in [-0.2, 0) is 20.3 Å². The summed E-state index contributed by atoms with van der Waals surface area (Å²) in [6.07, 6.45) is 8.36. The molecule has 16 nitrogen and oxygen atoms in total. The Bertz CT molecular complexity index is 2690. The molecule has 0 radical (unpaired) electrons. The second-order valence-corrected chi connectivity index (χ2v) is 12.9. The minimum atomic E-state index is -4.60. The van der Waals surface area contributed by atoms with Crippen LogP contribution in [0.2, 0.25) is 0 Å². The highest BCUT2D eigenvalue weighted by atomic mass is 19.4. The highest BCUT2D eigenvalue weighted by molar-refractivity contribution is 6.00. The number of rotatable bonds is 9. The van der Waals surface area contributed by atoms with Gasteiger partial charge in [0, 0.05) is 78.7 Å². The Labute approximate surface area is 348 Å². The lowest BCUT2D eigenvalue weighted by Gasteiger charge is -2.14. The molecule has 0 aliphatic heterocycles. The summed E-state index contributed by atoms with van der Waals surface area (Å²) >= 11 is 0. The predicted octanol–water partition coefficient (Wildman–Crippen LogP) is 9.35. The highest BCUT2D eigenvalue weighted by Crippen LogP contribution is 2.33. The van der Waals surface area contributed by atoms with E-state index in [1.165, 1.54) is 29.6 Å². The lowest BCUT2D eigenvalue weighted by atomic mass is 10.1. The zero-order chi connectivity index (χ0) is 41.5. The molecule has 61 heavy (non-hydrogen) atoms. The van der Waals surface area contributed by atoms with Gasteiger partial charge in [-0.1, -0.05) is 14.9 Å². The molecule has 0 saturated carbocycles. The lowest BCUT2D eigenvalue weighted by molar-refractivity contribution is -0.137. The fourth-order valence-corrected chi connectivity index (χ4v) is 5.45. The molecule has 0 aliphatic rings. The molecule has 0 fully saturated rings. The zero-order valence-corrected chi connectivity index (χ0v) is 31.5. The van der Waals surface area contributed by atoms with Crippen molar-refractivity contribution < 1.29 is 27.4 Å². The van der Waals surface area contributed by atoms with E-state index < -0.39 is 17.8 Å². The topological polar surface area (TPSA) is 191 Å². The second kappa shape index (κ2) is 19.1. The van der Waals surface area contributed by atoms with Crippen LogP contribution in [0.25, 0.3) is 28.2 Å². The molecule has 5 aromatic heterocycles. The fourth-order valence-electron chi connectivity index (χ4n) is 5.45. The molecule has 2 amide bonds. The number of amides is 2. The molecule has 0 aliphatic carbocycles. The van der Waals surface area contributed by atoms with E-state index in [0.29, 0.717) is 46.0 Å². The number of nitrogen functional groups attached to an aromatic ring is 1. The summed E-state index contributed by atoms with van der Waals surface area (Å²) in [6.45, 7) is 1.72. The molecule has 0 bridgehead atoms. The summed E-state index contributed by atoms with van der Waals surface area (Å²) in [6, 6.07) is 19.6. The van der Waals surface area contributed by atoms with Gasteiger partial charge in [0.1, 0.15) is 24.2 Å². The van der Waals surface area contributed by atoms with E-state index in [4.69, 9.17) is 15.2 Å². The van der Waals surface area contributed by atoms with Gasteiger partial charge in [0.25, 0.3) is 0 Å². The number of halogens is 3. The zero-order valence-electron chi connectivity index (χ0n) is 31.5. The third kappa shape index (κ3) is 11.7. The molecule has 8 rings (SSSR count). The number of urea groups is 1. The molecule has 314 valence electrons. The van der Waals surface area contributed by atoms with Crippen molar-refractivity contribution in [1.29, 1.82) is 0 Å². The summed E-state index contributed by atoms with van der Waals surface area (Å²) in [5.41, 5.74) is 9.76. The summed E-state index contributed by atoms with van der Waals surface area (Å²) in [4.78, 5) is 33.3. The van der Waals surface area contributed by atoms with Crippen LogP contribution in [0.5, 0.6) is 23.3 Å². The number of carbonyl (C=O) groups is 1. The van der Waals surface area contributed by atoms with E-state index >= 15 is 0 Å². The molecule has 0 unspecified atom stereocenters. The van der Waals surface area contributed by atoms with Gasteiger partial charge in [-0.15, -0.1) is 0 Å². The predicted molar refractivity (Wildman–Crippen MR) is 225 cm³/mol. The van der Waals surface area contributed by atoms with Crippen LogP contribution < -0.4 is 25.8 Å². The van der Waals surface area contributed by atoms with Crippen molar-refractivity contribution in [3.8, 4) is 51.5 Å². The first-order chi connectivity index (χ1) is 28.3. The van der Waals surface area contributed by atoms with E-state index in [-0.39, 0.29) is 26.2 Å². The summed E-state index contributed by atoms with van der Waals surface area (Å²) in [5, 5.41) is 13.3. The Balaban J connectivity index is 0.000000270. The van der Waals surface area contributed by atoms with Gasteiger partial charge >= 0.3 is 12.2 Å². The van der Waals surface area contributed by atoms with Crippen molar-refractivity contribution in [2.75, 3.05) is 16.4 Å². The van der Waals surface area contributed by atoms with Gasteiger partial charge in [-0.25, -0.2) is 29.7 Å². The van der Waals surface area contributed by atoms with Gasteiger partial charge in [-0.3, -0.25) is 9.36 Å². The number of ether oxygens (including phenoxy) is 2. The van der Waals surface area contributed by atoms with Crippen molar-refractivity contribution >= 4 is 23.1 Å². The summed E-state index contributed by atoms with van der Waals surface area (Å²) < 4.78 is 56.7.